The zero-order valence-electron chi connectivity index (χ0n) is 7.38. The molecule has 1 saturated heterocycles. The number of hydrogen-bond acceptors (Lipinski definition) is 3. The molecule has 12 heavy (non-hydrogen) atoms. The van der Waals surface area contributed by atoms with Gasteiger partial charge in [-0.25, -0.2) is 0 Å². The van der Waals surface area contributed by atoms with Crippen molar-refractivity contribution in [2.24, 2.45) is 11.7 Å². The van der Waals surface area contributed by atoms with Crippen molar-refractivity contribution in [2.45, 2.75) is 19.4 Å². The highest BCUT2D eigenvalue weighted by Gasteiger charge is 2.21. The summed E-state index contributed by atoms with van der Waals surface area (Å²) < 4.78 is 5.32. The molecule has 3 N–H and O–H groups in total. The maximum atomic E-state index is 10.4. The fourth-order valence-electron chi connectivity index (χ4n) is 1.37. The minimum absolute atomic E-state index is 0.0384. The van der Waals surface area contributed by atoms with E-state index in [2.05, 4.69) is 12.2 Å². The third-order valence-corrected chi connectivity index (χ3v) is 2.20. The monoisotopic (exact) mass is 172 g/mol. The molecule has 0 aliphatic carbocycles. The number of piperidine rings is 1. The summed E-state index contributed by atoms with van der Waals surface area (Å²) in [5.41, 5.74) is 4.97. The summed E-state index contributed by atoms with van der Waals surface area (Å²) in [5.74, 6) is 0.123. The highest BCUT2D eigenvalue weighted by molar-refractivity contribution is 5.75. The molecule has 1 rings (SSSR count). The Morgan fingerprint density at radius 2 is 2.50 bits per heavy atom. The number of primary amides is 1. The molecular formula is C8H16N2O2. The number of nitrogens with two attached hydrogens (primary N) is 1. The lowest BCUT2D eigenvalue weighted by Crippen LogP contribution is -2.42. The van der Waals surface area contributed by atoms with Crippen molar-refractivity contribution in [3.63, 3.8) is 0 Å². The van der Waals surface area contributed by atoms with Gasteiger partial charge in [0.15, 0.2) is 0 Å². The molecule has 1 amide bonds. The van der Waals surface area contributed by atoms with Gasteiger partial charge < -0.3 is 15.8 Å². The molecule has 2 atom stereocenters. The Kier molecular flexibility index (Phi) is 3.49. The van der Waals surface area contributed by atoms with E-state index in [0.717, 1.165) is 19.5 Å². The van der Waals surface area contributed by atoms with Gasteiger partial charge in [-0.2, -0.15) is 0 Å². The van der Waals surface area contributed by atoms with Crippen LogP contribution in [0.15, 0.2) is 0 Å². The van der Waals surface area contributed by atoms with Crippen LogP contribution < -0.4 is 11.1 Å². The van der Waals surface area contributed by atoms with Crippen molar-refractivity contribution in [2.75, 3.05) is 19.7 Å². The molecule has 0 spiro atoms. The quantitative estimate of drug-likeness (QED) is 0.602. The van der Waals surface area contributed by atoms with Gasteiger partial charge >= 0.3 is 0 Å². The van der Waals surface area contributed by atoms with Crippen LogP contribution in [0.1, 0.15) is 13.3 Å². The smallest absolute Gasteiger partial charge is 0.243 e. The molecule has 70 valence electrons. The summed E-state index contributed by atoms with van der Waals surface area (Å²) in [7, 11) is 0. The molecule has 0 radical (unpaired) electrons. The summed E-state index contributed by atoms with van der Waals surface area (Å²) in [6.45, 7) is 4.04. The number of rotatable bonds is 3. The number of carbonyl (C=O) groups is 1. The molecule has 1 heterocycles. The minimum Gasteiger partial charge on any atom is -0.368 e. The van der Waals surface area contributed by atoms with Crippen LogP contribution in [0, 0.1) is 5.92 Å². The number of amides is 1. The molecule has 1 aliphatic heterocycles. The van der Waals surface area contributed by atoms with E-state index >= 15 is 0 Å². The number of carbonyl (C=O) groups excluding carboxylic acids is 1. The maximum Gasteiger partial charge on any atom is 0.243 e. The SMILES string of the molecule is CC1CCNCC1OCC(N)=O. The Labute approximate surface area is 72.5 Å². The second kappa shape index (κ2) is 4.42. The molecule has 1 aliphatic rings. The van der Waals surface area contributed by atoms with Gasteiger partial charge in [0.2, 0.25) is 5.91 Å². The Balaban J connectivity index is 2.24. The molecule has 0 saturated carbocycles. The van der Waals surface area contributed by atoms with Gasteiger partial charge in [0, 0.05) is 6.54 Å². The Bertz CT molecular complexity index is 161. The first-order chi connectivity index (χ1) is 5.70. The molecule has 0 bridgehead atoms. The molecule has 0 aromatic rings. The third-order valence-electron chi connectivity index (χ3n) is 2.20. The van der Waals surface area contributed by atoms with Crippen molar-refractivity contribution in [1.29, 1.82) is 0 Å². The standard InChI is InChI=1S/C8H16N2O2/c1-6-2-3-10-4-7(6)12-5-8(9)11/h6-7,10H,2-5H2,1H3,(H2,9,11). The molecular weight excluding hydrogens is 156 g/mol. The lowest BCUT2D eigenvalue weighted by Gasteiger charge is -2.28. The van der Waals surface area contributed by atoms with Crippen LogP contribution >= 0.6 is 0 Å². The van der Waals surface area contributed by atoms with Gasteiger partial charge in [0.25, 0.3) is 0 Å². The second-order valence-corrected chi connectivity index (χ2v) is 3.29. The normalized spacial score (nSPS) is 30.1. The average Bonchev–Trinajstić information content (AvgIpc) is 2.03. The van der Waals surface area contributed by atoms with E-state index in [-0.39, 0.29) is 12.7 Å². The number of nitrogens with one attached hydrogen (secondary N) is 1. The van der Waals surface area contributed by atoms with E-state index < -0.39 is 5.91 Å². The van der Waals surface area contributed by atoms with Crippen LogP contribution in [0.2, 0.25) is 0 Å². The van der Waals surface area contributed by atoms with E-state index in [0.29, 0.717) is 5.92 Å². The summed E-state index contributed by atoms with van der Waals surface area (Å²) in [6, 6.07) is 0. The predicted octanol–water partition coefficient (Wildman–Crippen LogP) is -0.514. The van der Waals surface area contributed by atoms with Gasteiger partial charge in [-0.1, -0.05) is 6.92 Å². The lowest BCUT2D eigenvalue weighted by atomic mass is 9.97. The van der Waals surface area contributed by atoms with Crippen LogP contribution in [-0.2, 0) is 9.53 Å². The number of hydrogen-bond donors (Lipinski definition) is 2. The molecule has 4 heteroatoms. The highest BCUT2D eigenvalue weighted by atomic mass is 16.5. The largest absolute Gasteiger partial charge is 0.368 e. The van der Waals surface area contributed by atoms with Gasteiger partial charge in [-0.3, -0.25) is 4.79 Å². The highest BCUT2D eigenvalue weighted by Crippen LogP contribution is 2.14. The van der Waals surface area contributed by atoms with Crippen molar-refractivity contribution in [3.05, 3.63) is 0 Å². The Morgan fingerprint density at radius 3 is 3.08 bits per heavy atom. The summed E-state index contributed by atoms with van der Waals surface area (Å²) in [5, 5.41) is 3.21. The zero-order chi connectivity index (χ0) is 8.97. The third kappa shape index (κ3) is 2.79. The summed E-state index contributed by atoms with van der Waals surface area (Å²) in [6.07, 6.45) is 1.25. The van der Waals surface area contributed by atoms with Gasteiger partial charge in [-0.15, -0.1) is 0 Å². The molecule has 2 unspecified atom stereocenters. The maximum absolute atomic E-state index is 10.4. The summed E-state index contributed by atoms with van der Waals surface area (Å²) >= 11 is 0. The van der Waals surface area contributed by atoms with Gasteiger partial charge in [0.1, 0.15) is 6.61 Å². The first-order valence-corrected chi connectivity index (χ1v) is 4.31. The van der Waals surface area contributed by atoms with Gasteiger partial charge in [0.05, 0.1) is 6.10 Å². The second-order valence-electron chi connectivity index (χ2n) is 3.29. The first kappa shape index (κ1) is 9.48. The van der Waals surface area contributed by atoms with E-state index in [1.54, 1.807) is 0 Å². The summed E-state index contributed by atoms with van der Waals surface area (Å²) in [4.78, 5) is 10.4. The fourth-order valence-corrected chi connectivity index (χ4v) is 1.37. The zero-order valence-corrected chi connectivity index (χ0v) is 7.38. The molecule has 0 aromatic heterocycles. The van der Waals surface area contributed by atoms with Crippen LogP contribution in [0.4, 0.5) is 0 Å². The van der Waals surface area contributed by atoms with Crippen LogP contribution in [0.25, 0.3) is 0 Å². The average molecular weight is 172 g/mol. The van der Waals surface area contributed by atoms with Crippen molar-refractivity contribution in [1.82, 2.24) is 5.32 Å². The molecule has 4 nitrogen and oxygen atoms in total. The van der Waals surface area contributed by atoms with E-state index in [9.17, 15) is 4.79 Å². The van der Waals surface area contributed by atoms with Crippen molar-refractivity contribution >= 4 is 5.91 Å². The molecule has 0 aromatic carbocycles. The van der Waals surface area contributed by atoms with Crippen molar-refractivity contribution < 1.29 is 9.53 Å². The van der Waals surface area contributed by atoms with E-state index in [1.165, 1.54) is 0 Å². The number of ether oxygens (including phenoxy) is 1. The first-order valence-electron chi connectivity index (χ1n) is 4.31. The van der Waals surface area contributed by atoms with Crippen LogP contribution in [-0.4, -0.2) is 31.7 Å². The molecule has 1 fully saturated rings. The van der Waals surface area contributed by atoms with E-state index in [1.807, 2.05) is 0 Å². The Morgan fingerprint density at radius 1 is 1.75 bits per heavy atom. The van der Waals surface area contributed by atoms with Crippen molar-refractivity contribution in [3.8, 4) is 0 Å². The van der Waals surface area contributed by atoms with E-state index in [4.69, 9.17) is 10.5 Å². The Hall–Kier alpha value is -0.610. The topological polar surface area (TPSA) is 64.3 Å². The minimum atomic E-state index is -0.396. The predicted molar refractivity (Wildman–Crippen MR) is 45.6 cm³/mol. The van der Waals surface area contributed by atoms with Crippen LogP contribution in [0.3, 0.4) is 0 Å². The van der Waals surface area contributed by atoms with Crippen LogP contribution in [0.5, 0.6) is 0 Å². The lowest BCUT2D eigenvalue weighted by molar-refractivity contribution is -0.125. The fraction of sp³-hybridized carbons (Fsp3) is 0.875. The van der Waals surface area contributed by atoms with Gasteiger partial charge in [-0.05, 0) is 18.9 Å².